The molecule has 1 aromatic heterocycles. The van der Waals surface area contributed by atoms with E-state index in [1.54, 1.807) is 13.4 Å². The predicted octanol–water partition coefficient (Wildman–Crippen LogP) is 3.44. The van der Waals surface area contributed by atoms with Crippen LogP contribution in [0.1, 0.15) is 5.56 Å². The van der Waals surface area contributed by atoms with Gasteiger partial charge in [0.1, 0.15) is 11.5 Å². The molecule has 0 fully saturated rings. The Hall–Kier alpha value is -1.26. The van der Waals surface area contributed by atoms with Crippen molar-refractivity contribution in [1.29, 1.82) is 0 Å². The maximum atomic E-state index is 5.50. The highest BCUT2D eigenvalue weighted by atomic mass is 79.9. The van der Waals surface area contributed by atoms with Gasteiger partial charge in [-0.05, 0) is 52.8 Å². The number of furan rings is 1. The van der Waals surface area contributed by atoms with Crippen LogP contribution >= 0.6 is 15.9 Å². The molecule has 2 rings (SSSR count). The third-order valence-corrected chi connectivity index (χ3v) is 3.17. The summed E-state index contributed by atoms with van der Waals surface area (Å²) in [5.74, 6) is 1.69. The standard InChI is InChI=1S/C13H14BrNO2/c1-15-8-9-7-10(16-2)3-4-11(9)13-12(14)5-6-17-13/h3-7,15H,8H2,1-2H3. The van der Waals surface area contributed by atoms with Crippen LogP contribution in [0.2, 0.25) is 0 Å². The molecule has 0 atom stereocenters. The molecule has 0 spiro atoms. The number of halogens is 1. The summed E-state index contributed by atoms with van der Waals surface area (Å²) < 4.78 is 11.7. The summed E-state index contributed by atoms with van der Waals surface area (Å²) in [4.78, 5) is 0. The molecule has 4 heteroatoms. The Kier molecular flexibility index (Phi) is 3.86. The fraction of sp³-hybridized carbons (Fsp3) is 0.231. The first-order chi connectivity index (χ1) is 8.26. The molecule has 1 heterocycles. The summed E-state index contributed by atoms with van der Waals surface area (Å²) in [6.45, 7) is 0.764. The average molecular weight is 296 g/mol. The fourth-order valence-corrected chi connectivity index (χ4v) is 2.16. The highest BCUT2D eigenvalue weighted by Crippen LogP contribution is 2.33. The first-order valence-corrected chi connectivity index (χ1v) is 6.10. The van der Waals surface area contributed by atoms with Gasteiger partial charge in [0.2, 0.25) is 0 Å². The molecule has 17 heavy (non-hydrogen) atoms. The Balaban J connectivity index is 2.49. The van der Waals surface area contributed by atoms with E-state index in [9.17, 15) is 0 Å². The van der Waals surface area contributed by atoms with Gasteiger partial charge in [0.15, 0.2) is 0 Å². The Morgan fingerprint density at radius 3 is 2.76 bits per heavy atom. The molecule has 90 valence electrons. The molecule has 0 saturated carbocycles. The quantitative estimate of drug-likeness (QED) is 0.938. The van der Waals surface area contributed by atoms with Crippen molar-refractivity contribution in [2.45, 2.75) is 6.54 Å². The topological polar surface area (TPSA) is 34.4 Å². The van der Waals surface area contributed by atoms with E-state index < -0.39 is 0 Å². The average Bonchev–Trinajstić information content (AvgIpc) is 2.76. The van der Waals surface area contributed by atoms with E-state index in [1.807, 2.05) is 31.3 Å². The summed E-state index contributed by atoms with van der Waals surface area (Å²) in [5, 5.41) is 3.14. The SMILES string of the molecule is CNCc1cc(OC)ccc1-c1occc1Br. The second-order valence-corrected chi connectivity index (χ2v) is 4.51. The van der Waals surface area contributed by atoms with Gasteiger partial charge in [-0.1, -0.05) is 0 Å². The molecule has 0 aliphatic carbocycles. The number of benzene rings is 1. The molecule has 3 nitrogen and oxygen atoms in total. The minimum absolute atomic E-state index is 0.764. The molecule has 0 unspecified atom stereocenters. The molecule has 0 bridgehead atoms. The van der Waals surface area contributed by atoms with Crippen LogP contribution < -0.4 is 10.1 Å². The van der Waals surface area contributed by atoms with Gasteiger partial charge in [0.25, 0.3) is 0 Å². The van der Waals surface area contributed by atoms with Crippen molar-refractivity contribution in [2.75, 3.05) is 14.2 Å². The zero-order valence-electron chi connectivity index (χ0n) is 9.79. The number of methoxy groups -OCH3 is 1. The Bertz CT molecular complexity index is 508. The lowest BCUT2D eigenvalue weighted by Gasteiger charge is -2.09. The van der Waals surface area contributed by atoms with Gasteiger partial charge in [-0.25, -0.2) is 0 Å². The van der Waals surface area contributed by atoms with Gasteiger partial charge in [0.05, 0.1) is 17.8 Å². The third-order valence-electron chi connectivity index (χ3n) is 2.54. The lowest BCUT2D eigenvalue weighted by atomic mass is 10.0. The molecule has 1 N–H and O–H groups in total. The molecule has 0 amide bonds. The monoisotopic (exact) mass is 295 g/mol. The zero-order valence-corrected chi connectivity index (χ0v) is 11.4. The van der Waals surface area contributed by atoms with E-state index in [1.165, 1.54) is 0 Å². The Morgan fingerprint density at radius 1 is 1.35 bits per heavy atom. The van der Waals surface area contributed by atoms with Crippen molar-refractivity contribution in [2.24, 2.45) is 0 Å². The Morgan fingerprint density at radius 2 is 2.18 bits per heavy atom. The van der Waals surface area contributed by atoms with E-state index in [2.05, 4.69) is 21.2 Å². The Labute approximate surface area is 109 Å². The van der Waals surface area contributed by atoms with Crippen LogP contribution in [-0.4, -0.2) is 14.2 Å². The van der Waals surface area contributed by atoms with E-state index in [4.69, 9.17) is 9.15 Å². The molecule has 1 aromatic carbocycles. The summed E-state index contributed by atoms with van der Waals surface area (Å²) in [5.41, 5.74) is 2.21. The maximum Gasteiger partial charge on any atom is 0.148 e. The maximum absolute atomic E-state index is 5.50. The van der Waals surface area contributed by atoms with Crippen LogP contribution in [0.3, 0.4) is 0 Å². The summed E-state index contributed by atoms with van der Waals surface area (Å²) in [6, 6.07) is 7.85. The summed E-state index contributed by atoms with van der Waals surface area (Å²) in [6.07, 6.45) is 1.67. The van der Waals surface area contributed by atoms with Crippen LogP contribution in [0, 0.1) is 0 Å². The van der Waals surface area contributed by atoms with Crippen molar-refractivity contribution in [3.8, 4) is 17.1 Å². The third kappa shape index (κ3) is 2.53. The van der Waals surface area contributed by atoms with Crippen LogP contribution in [-0.2, 0) is 6.54 Å². The first kappa shape index (κ1) is 12.2. The van der Waals surface area contributed by atoms with Crippen molar-refractivity contribution < 1.29 is 9.15 Å². The number of hydrogen-bond acceptors (Lipinski definition) is 3. The minimum atomic E-state index is 0.764. The highest BCUT2D eigenvalue weighted by molar-refractivity contribution is 9.10. The van der Waals surface area contributed by atoms with Gasteiger partial charge in [0, 0.05) is 12.1 Å². The fourth-order valence-electron chi connectivity index (χ4n) is 1.74. The number of nitrogens with one attached hydrogen (secondary N) is 1. The second-order valence-electron chi connectivity index (χ2n) is 3.65. The van der Waals surface area contributed by atoms with Crippen LogP contribution in [0.15, 0.2) is 39.4 Å². The summed E-state index contributed by atoms with van der Waals surface area (Å²) >= 11 is 3.48. The van der Waals surface area contributed by atoms with E-state index in [-0.39, 0.29) is 0 Å². The smallest absolute Gasteiger partial charge is 0.148 e. The van der Waals surface area contributed by atoms with Crippen molar-refractivity contribution in [1.82, 2.24) is 5.32 Å². The van der Waals surface area contributed by atoms with Crippen molar-refractivity contribution in [3.05, 3.63) is 40.6 Å². The van der Waals surface area contributed by atoms with E-state index in [0.717, 1.165) is 33.7 Å². The predicted molar refractivity (Wildman–Crippen MR) is 71.2 cm³/mol. The zero-order chi connectivity index (χ0) is 12.3. The molecular weight excluding hydrogens is 282 g/mol. The lowest BCUT2D eigenvalue weighted by molar-refractivity contribution is 0.414. The van der Waals surface area contributed by atoms with Crippen LogP contribution in [0.5, 0.6) is 5.75 Å². The van der Waals surface area contributed by atoms with Crippen molar-refractivity contribution in [3.63, 3.8) is 0 Å². The van der Waals surface area contributed by atoms with Gasteiger partial charge in [-0.2, -0.15) is 0 Å². The van der Waals surface area contributed by atoms with Gasteiger partial charge < -0.3 is 14.5 Å². The van der Waals surface area contributed by atoms with E-state index >= 15 is 0 Å². The lowest BCUT2D eigenvalue weighted by Crippen LogP contribution is -2.06. The van der Waals surface area contributed by atoms with E-state index in [0.29, 0.717) is 0 Å². The molecule has 0 aliphatic rings. The van der Waals surface area contributed by atoms with Crippen molar-refractivity contribution >= 4 is 15.9 Å². The molecule has 0 saturated heterocycles. The number of hydrogen-bond donors (Lipinski definition) is 1. The summed E-state index contributed by atoms with van der Waals surface area (Å²) in [7, 11) is 3.58. The normalized spacial score (nSPS) is 10.5. The first-order valence-electron chi connectivity index (χ1n) is 5.31. The molecule has 0 radical (unpaired) electrons. The van der Waals surface area contributed by atoms with Gasteiger partial charge >= 0.3 is 0 Å². The largest absolute Gasteiger partial charge is 0.497 e. The highest BCUT2D eigenvalue weighted by Gasteiger charge is 2.12. The van der Waals surface area contributed by atoms with Crippen LogP contribution in [0.4, 0.5) is 0 Å². The number of rotatable bonds is 4. The molecule has 2 aromatic rings. The number of ether oxygens (including phenoxy) is 1. The molecule has 0 aliphatic heterocycles. The minimum Gasteiger partial charge on any atom is -0.497 e. The van der Waals surface area contributed by atoms with Crippen LogP contribution in [0.25, 0.3) is 11.3 Å². The van der Waals surface area contributed by atoms with Gasteiger partial charge in [-0.3, -0.25) is 0 Å². The molecular formula is C13H14BrNO2. The second kappa shape index (κ2) is 5.38. The van der Waals surface area contributed by atoms with Gasteiger partial charge in [-0.15, -0.1) is 0 Å².